The van der Waals surface area contributed by atoms with Crippen LogP contribution in [0.1, 0.15) is 12.5 Å². The van der Waals surface area contributed by atoms with E-state index in [9.17, 15) is 4.79 Å². The quantitative estimate of drug-likeness (QED) is 0.812. The van der Waals surface area contributed by atoms with Crippen molar-refractivity contribution in [1.29, 1.82) is 0 Å². The molecule has 0 unspecified atom stereocenters. The molecule has 1 atom stereocenters. The Labute approximate surface area is 160 Å². The maximum atomic E-state index is 12.3. The zero-order valence-electron chi connectivity index (χ0n) is 15.8. The normalized spacial score (nSPS) is 15.1. The number of morpholine rings is 1. The van der Waals surface area contributed by atoms with E-state index in [1.54, 1.807) is 38.3 Å². The Hall–Kier alpha value is -2.73. The van der Waals surface area contributed by atoms with Gasteiger partial charge < -0.3 is 24.4 Å². The van der Waals surface area contributed by atoms with Crippen molar-refractivity contribution in [1.82, 2.24) is 5.32 Å². The highest BCUT2D eigenvalue weighted by Gasteiger charge is 2.15. The van der Waals surface area contributed by atoms with Crippen LogP contribution >= 0.6 is 0 Å². The lowest BCUT2D eigenvalue weighted by molar-refractivity contribution is -0.127. The molecule has 1 fully saturated rings. The second-order valence-electron chi connectivity index (χ2n) is 6.42. The van der Waals surface area contributed by atoms with E-state index >= 15 is 0 Å². The third-order valence-electron chi connectivity index (χ3n) is 4.52. The molecule has 0 saturated carbocycles. The second kappa shape index (κ2) is 9.28. The first kappa shape index (κ1) is 19.0. The average molecular weight is 370 g/mol. The SMILES string of the molecule is COc1ccc(O[C@H](C)C(=O)NCc2ccc(N3CCOCC3)cc2)cc1. The molecule has 6 heteroatoms. The molecule has 3 rings (SSSR count). The van der Waals surface area contributed by atoms with Gasteiger partial charge in [0, 0.05) is 25.3 Å². The summed E-state index contributed by atoms with van der Waals surface area (Å²) in [5.74, 6) is 1.23. The van der Waals surface area contributed by atoms with E-state index in [-0.39, 0.29) is 5.91 Å². The summed E-state index contributed by atoms with van der Waals surface area (Å²) in [6, 6.07) is 15.4. The Kier molecular flexibility index (Phi) is 6.54. The maximum Gasteiger partial charge on any atom is 0.261 e. The number of anilines is 1. The number of rotatable bonds is 7. The average Bonchev–Trinajstić information content (AvgIpc) is 2.73. The fourth-order valence-electron chi connectivity index (χ4n) is 2.89. The van der Waals surface area contributed by atoms with Gasteiger partial charge in [0.1, 0.15) is 11.5 Å². The number of carbonyl (C=O) groups is 1. The molecule has 1 aliphatic heterocycles. The summed E-state index contributed by atoms with van der Waals surface area (Å²) in [7, 11) is 1.61. The van der Waals surface area contributed by atoms with Crippen LogP contribution < -0.4 is 19.7 Å². The van der Waals surface area contributed by atoms with Gasteiger partial charge in [-0.05, 0) is 48.9 Å². The molecule has 1 N–H and O–H groups in total. The van der Waals surface area contributed by atoms with E-state index in [0.29, 0.717) is 12.3 Å². The number of hydrogen-bond acceptors (Lipinski definition) is 5. The van der Waals surface area contributed by atoms with Crippen molar-refractivity contribution >= 4 is 11.6 Å². The summed E-state index contributed by atoms with van der Waals surface area (Å²) in [6.07, 6.45) is -0.578. The number of benzene rings is 2. The molecule has 1 amide bonds. The molecule has 0 spiro atoms. The van der Waals surface area contributed by atoms with Crippen molar-refractivity contribution in [3.8, 4) is 11.5 Å². The number of methoxy groups -OCH3 is 1. The lowest BCUT2D eigenvalue weighted by atomic mass is 10.2. The second-order valence-corrected chi connectivity index (χ2v) is 6.42. The first-order valence-corrected chi connectivity index (χ1v) is 9.16. The van der Waals surface area contributed by atoms with Crippen LogP contribution in [0.15, 0.2) is 48.5 Å². The topological polar surface area (TPSA) is 60.0 Å². The van der Waals surface area contributed by atoms with Gasteiger partial charge in [0.15, 0.2) is 6.10 Å². The van der Waals surface area contributed by atoms with Crippen LogP contribution in [0.3, 0.4) is 0 Å². The minimum absolute atomic E-state index is 0.150. The van der Waals surface area contributed by atoms with Gasteiger partial charge in [-0.15, -0.1) is 0 Å². The van der Waals surface area contributed by atoms with Crippen LogP contribution in [-0.2, 0) is 16.1 Å². The molecule has 1 aliphatic rings. The van der Waals surface area contributed by atoms with Gasteiger partial charge in [-0.1, -0.05) is 12.1 Å². The molecule has 0 radical (unpaired) electrons. The molecule has 0 bridgehead atoms. The third-order valence-corrected chi connectivity index (χ3v) is 4.52. The Bertz CT molecular complexity index is 725. The lowest BCUT2D eigenvalue weighted by Crippen LogP contribution is -2.36. The standard InChI is InChI=1S/C21H26N2O4/c1-16(27-20-9-7-19(25-2)8-10-20)21(24)22-15-17-3-5-18(6-4-17)23-11-13-26-14-12-23/h3-10,16H,11-15H2,1-2H3,(H,22,24)/t16-/m1/s1. The number of nitrogens with zero attached hydrogens (tertiary/aromatic N) is 1. The van der Waals surface area contributed by atoms with E-state index < -0.39 is 6.10 Å². The van der Waals surface area contributed by atoms with Crippen LogP contribution in [0.4, 0.5) is 5.69 Å². The molecule has 27 heavy (non-hydrogen) atoms. The van der Waals surface area contributed by atoms with Crippen molar-refractivity contribution < 1.29 is 19.0 Å². The van der Waals surface area contributed by atoms with Crippen molar-refractivity contribution in [2.45, 2.75) is 19.6 Å². The van der Waals surface area contributed by atoms with Crippen LogP contribution in [0.5, 0.6) is 11.5 Å². The van der Waals surface area contributed by atoms with Crippen molar-refractivity contribution in [2.75, 3.05) is 38.3 Å². The van der Waals surface area contributed by atoms with E-state index in [1.165, 1.54) is 5.69 Å². The zero-order chi connectivity index (χ0) is 19.1. The molecule has 2 aromatic rings. The highest BCUT2D eigenvalue weighted by Crippen LogP contribution is 2.19. The molecule has 2 aromatic carbocycles. The van der Waals surface area contributed by atoms with Crippen LogP contribution in [0, 0.1) is 0 Å². The van der Waals surface area contributed by atoms with E-state index in [2.05, 4.69) is 22.3 Å². The van der Waals surface area contributed by atoms with Gasteiger partial charge >= 0.3 is 0 Å². The highest BCUT2D eigenvalue weighted by molar-refractivity contribution is 5.80. The molecular formula is C21H26N2O4. The Morgan fingerprint density at radius 1 is 1.07 bits per heavy atom. The molecular weight excluding hydrogens is 344 g/mol. The molecule has 0 aliphatic carbocycles. The number of amides is 1. The smallest absolute Gasteiger partial charge is 0.261 e. The number of carbonyl (C=O) groups excluding carboxylic acids is 1. The van der Waals surface area contributed by atoms with Crippen molar-refractivity contribution in [3.63, 3.8) is 0 Å². The summed E-state index contributed by atoms with van der Waals surface area (Å²) < 4.78 is 16.2. The van der Waals surface area contributed by atoms with Crippen LogP contribution in [0.25, 0.3) is 0 Å². The summed E-state index contributed by atoms with van der Waals surface area (Å²) >= 11 is 0. The largest absolute Gasteiger partial charge is 0.497 e. The highest BCUT2D eigenvalue weighted by atomic mass is 16.5. The number of ether oxygens (including phenoxy) is 3. The maximum absolute atomic E-state index is 12.3. The van der Waals surface area contributed by atoms with Crippen molar-refractivity contribution in [2.24, 2.45) is 0 Å². The fraction of sp³-hybridized carbons (Fsp3) is 0.381. The summed E-state index contributed by atoms with van der Waals surface area (Å²) in [4.78, 5) is 14.6. The van der Waals surface area contributed by atoms with Gasteiger partial charge in [0.05, 0.1) is 20.3 Å². The van der Waals surface area contributed by atoms with Crippen molar-refractivity contribution in [3.05, 3.63) is 54.1 Å². The summed E-state index contributed by atoms with van der Waals surface area (Å²) in [5, 5.41) is 2.92. The van der Waals surface area contributed by atoms with Gasteiger partial charge in [-0.3, -0.25) is 4.79 Å². The van der Waals surface area contributed by atoms with Crippen LogP contribution in [0.2, 0.25) is 0 Å². The van der Waals surface area contributed by atoms with E-state index in [1.807, 2.05) is 12.1 Å². The van der Waals surface area contributed by atoms with Gasteiger partial charge in [0.2, 0.25) is 0 Å². The lowest BCUT2D eigenvalue weighted by Gasteiger charge is -2.28. The molecule has 0 aromatic heterocycles. The first-order valence-electron chi connectivity index (χ1n) is 9.16. The van der Waals surface area contributed by atoms with E-state index in [0.717, 1.165) is 37.6 Å². The number of nitrogens with one attached hydrogen (secondary N) is 1. The summed E-state index contributed by atoms with van der Waals surface area (Å²) in [5.41, 5.74) is 2.24. The first-order chi connectivity index (χ1) is 13.2. The molecule has 1 saturated heterocycles. The predicted octanol–water partition coefficient (Wildman–Crippen LogP) is 2.62. The zero-order valence-corrected chi connectivity index (χ0v) is 15.8. The minimum Gasteiger partial charge on any atom is -0.497 e. The Balaban J connectivity index is 1.47. The minimum atomic E-state index is -0.578. The fourth-order valence-corrected chi connectivity index (χ4v) is 2.89. The van der Waals surface area contributed by atoms with Crippen LogP contribution in [-0.4, -0.2) is 45.4 Å². The third kappa shape index (κ3) is 5.37. The molecule has 144 valence electrons. The van der Waals surface area contributed by atoms with E-state index in [4.69, 9.17) is 14.2 Å². The van der Waals surface area contributed by atoms with Gasteiger partial charge in [-0.2, -0.15) is 0 Å². The number of hydrogen-bond donors (Lipinski definition) is 1. The van der Waals surface area contributed by atoms with Gasteiger partial charge in [0.25, 0.3) is 5.91 Å². The monoisotopic (exact) mass is 370 g/mol. The molecule has 6 nitrogen and oxygen atoms in total. The predicted molar refractivity (Wildman–Crippen MR) is 104 cm³/mol. The summed E-state index contributed by atoms with van der Waals surface area (Å²) in [6.45, 7) is 5.57. The van der Waals surface area contributed by atoms with Gasteiger partial charge in [-0.25, -0.2) is 0 Å². The Morgan fingerprint density at radius 3 is 2.33 bits per heavy atom. The molecule has 1 heterocycles. The Morgan fingerprint density at radius 2 is 1.70 bits per heavy atom.